The lowest BCUT2D eigenvalue weighted by atomic mass is 9.94. The topological polar surface area (TPSA) is 55.1 Å². The summed E-state index contributed by atoms with van der Waals surface area (Å²) in [5.74, 6) is 0.921. The second kappa shape index (κ2) is 7.96. The van der Waals surface area contributed by atoms with Gasteiger partial charge in [-0.1, -0.05) is 27.2 Å². The molecule has 4 heteroatoms. The van der Waals surface area contributed by atoms with E-state index in [1.807, 2.05) is 25.6 Å². The lowest BCUT2D eigenvalue weighted by Gasteiger charge is -2.26. The highest BCUT2D eigenvalue weighted by molar-refractivity contribution is 7.99. The third kappa shape index (κ3) is 6.38. The molecule has 96 valence electrons. The Bertz CT molecular complexity index is 209. The van der Waals surface area contributed by atoms with E-state index in [0.29, 0.717) is 5.25 Å². The van der Waals surface area contributed by atoms with Gasteiger partial charge in [0.05, 0.1) is 5.54 Å². The summed E-state index contributed by atoms with van der Waals surface area (Å²) in [4.78, 5) is 11.3. The fraction of sp³-hybridized carbons (Fsp3) is 0.917. The molecule has 0 saturated carbocycles. The third-order valence-electron chi connectivity index (χ3n) is 2.63. The molecule has 16 heavy (non-hydrogen) atoms. The number of carbonyl (C=O) groups excluding carboxylic acids is 1. The average Bonchev–Trinajstić information content (AvgIpc) is 2.17. The molecule has 0 fully saturated rings. The average molecular weight is 246 g/mol. The minimum atomic E-state index is -0.531. The van der Waals surface area contributed by atoms with E-state index in [9.17, 15) is 4.79 Å². The first-order valence-electron chi connectivity index (χ1n) is 6.09. The molecule has 0 heterocycles. The number of rotatable bonds is 9. The maximum Gasteiger partial charge on any atom is 0.237 e. The molecule has 0 bridgehead atoms. The van der Waals surface area contributed by atoms with Crippen LogP contribution in [0.15, 0.2) is 0 Å². The third-order valence-corrected chi connectivity index (χ3v) is 3.82. The standard InChI is InChI=1S/C12H26N2OS/c1-5-14-12(4,11(13)15)8-6-7-9-16-10(2)3/h10,14H,5-9H2,1-4H3,(H2,13,15). The molecule has 1 amide bonds. The molecule has 0 aliphatic heterocycles. The number of carbonyl (C=O) groups is 1. The number of amides is 1. The van der Waals surface area contributed by atoms with Crippen LogP contribution in [-0.2, 0) is 4.79 Å². The van der Waals surface area contributed by atoms with Gasteiger partial charge in [0.15, 0.2) is 0 Å². The largest absolute Gasteiger partial charge is 0.368 e. The van der Waals surface area contributed by atoms with E-state index in [1.54, 1.807) is 0 Å². The molecule has 1 unspecified atom stereocenters. The van der Waals surface area contributed by atoms with Gasteiger partial charge in [-0.05, 0) is 37.3 Å². The predicted molar refractivity (Wildman–Crippen MR) is 72.7 cm³/mol. The van der Waals surface area contributed by atoms with Crippen molar-refractivity contribution in [1.82, 2.24) is 5.32 Å². The van der Waals surface area contributed by atoms with Crippen LogP contribution < -0.4 is 11.1 Å². The van der Waals surface area contributed by atoms with Gasteiger partial charge >= 0.3 is 0 Å². The molecule has 3 N–H and O–H groups in total. The summed E-state index contributed by atoms with van der Waals surface area (Å²) in [5, 5.41) is 3.87. The summed E-state index contributed by atoms with van der Waals surface area (Å²) in [6, 6.07) is 0. The van der Waals surface area contributed by atoms with Gasteiger partial charge in [-0.3, -0.25) is 4.79 Å². The summed E-state index contributed by atoms with van der Waals surface area (Å²) >= 11 is 1.97. The maximum atomic E-state index is 11.3. The van der Waals surface area contributed by atoms with Crippen molar-refractivity contribution in [2.24, 2.45) is 5.73 Å². The Kier molecular flexibility index (Phi) is 7.85. The molecule has 0 aliphatic carbocycles. The molecule has 3 nitrogen and oxygen atoms in total. The number of thioether (sulfide) groups is 1. The monoisotopic (exact) mass is 246 g/mol. The maximum absolute atomic E-state index is 11.3. The van der Waals surface area contributed by atoms with Crippen molar-refractivity contribution in [2.45, 2.75) is 57.7 Å². The van der Waals surface area contributed by atoms with Crippen LogP contribution in [0.3, 0.4) is 0 Å². The first kappa shape index (κ1) is 15.8. The zero-order valence-corrected chi connectivity index (χ0v) is 11.8. The number of likely N-dealkylation sites (N-methyl/N-ethyl adjacent to an activating group) is 1. The smallest absolute Gasteiger partial charge is 0.237 e. The van der Waals surface area contributed by atoms with Gasteiger partial charge in [0, 0.05) is 0 Å². The van der Waals surface area contributed by atoms with E-state index in [-0.39, 0.29) is 5.91 Å². The Labute approximate surface area is 104 Å². The van der Waals surface area contributed by atoms with Crippen LogP contribution in [0.1, 0.15) is 47.0 Å². The highest BCUT2D eigenvalue weighted by atomic mass is 32.2. The van der Waals surface area contributed by atoms with Crippen LogP contribution in [0.25, 0.3) is 0 Å². The first-order chi connectivity index (χ1) is 7.42. The fourth-order valence-corrected chi connectivity index (χ4v) is 2.43. The van der Waals surface area contributed by atoms with Crippen LogP contribution in [-0.4, -0.2) is 29.0 Å². The number of unbranched alkanes of at least 4 members (excludes halogenated alkanes) is 1. The van der Waals surface area contributed by atoms with Gasteiger partial charge in [-0.15, -0.1) is 0 Å². The van der Waals surface area contributed by atoms with Crippen molar-refractivity contribution in [3.05, 3.63) is 0 Å². The second-order valence-corrected chi connectivity index (χ2v) is 6.29. The molecule has 0 aromatic rings. The van der Waals surface area contributed by atoms with Crippen molar-refractivity contribution in [3.8, 4) is 0 Å². The Morgan fingerprint density at radius 3 is 2.50 bits per heavy atom. The normalized spacial score (nSPS) is 15.1. The van der Waals surface area contributed by atoms with Crippen LogP contribution >= 0.6 is 11.8 Å². The molecular formula is C12H26N2OS. The van der Waals surface area contributed by atoms with Gasteiger partial charge in [0.25, 0.3) is 0 Å². The lowest BCUT2D eigenvalue weighted by Crippen LogP contribution is -2.52. The number of hydrogen-bond acceptors (Lipinski definition) is 3. The Balaban J connectivity index is 3.81. The summed E-state index contributed by atoms with van der Waals surface area (Å²) in [5.41, 5.74) is 4.88. The predicted octanol–water partition coefficient (Wildman–Crippen LogP) is 2.15. The highest BCUT2D eigenvalue weighted by Crippen LogP contribution is 2.17. The number of nitrogens with two attached hydrogens (primary N) is 1. The van der Waals surface area contributed by atoms with E-state index in [0.717, 1.165) is 25.8 Å². The Morgan fingerprint density at radius 2 is 2.06 bits per heavy atom. The molecule has 0 aromatic heterocycles. The minimum Gasteiger partial charge on any atom is -0.368 e. The van der Waals surface area contributed by atoms with Crippen molar-refractivity contribution < 1.29 is 4.79 Å². The second-order valence-electron chi connectivity index (χ2n) is 4.60. The van der Waals surface area contributed by atoms with Gasteiger partial charge in [0.1, 0.15) is 0 Å². The van der Waals surface area contributed by atoms with E-state index in [4.69, 9.17) is 5.73 Å². The zero-order valence-electron chi connectivity index (χ0n) is 11.0. The summed E-state index contributed by atoms with van der Waals surface area (Å²) < 4.78 is 0. The van der Waals surface area contributed by atoms with Crippen LogP contribution in [0.4, 0.5) is 0 Å². The van der Waals surface area contributed by atoms with E-state index in [2.05, 4.69) is 19.2 Å². The zero-order chi connectivity index (χ0) is 12.6. The molecule has 0 rings (SSSR count). The van der Waals surface area contributed by atoms with Gasteiger partial charge in [-0.25, -0.2) is 0 Å². The molecule has 0 aliphatic rings. The Morgan fingerprint density at radius 1 is 1.44 bits per heavy atom. The lowest BCUT2D eigenvalue weighted by molar-refractivity contribution is -0.124. The number of hydrogen-bond donors (Lipinski definition) is 2. The first-order valence-corrected chi connectivity index (χ1v) is 7.13. The molecule has 1 atom stereocenters. The van der Waals surface area contributed by atoms with E-state index >= 15 is 0 Å². The molecule has 0 saturated heterocycles. The SMILES string of the molecule is CCNC(C)(CCCCSC(C)C)C(N)=O. The van der Waals surface area contributed by atoms with Crippen molar-refractivity contribution >= 4 is 17.7 Å². The van der Waals surface area contributed by atoms with E-state index < -0.39 is 5.54 Å². The van der Waals surface area contributed by atoms with Crippen molar-refractivity contribution in [1.29, 1.82) is 0 Å². The summed E-state index contributed by atoms with van der Waals surface area (Å²) in [6.45, 7) is 9.08. The quantitative estimate of drug-likeness (QED) is 0.613. The fourth-order valence-electron chi connectivity index (χ4n) is 1.59. The van der Waals surface area contributed by atoms with Crippen LogP contribution in [0.5, 0.6) is 0 Å². The molecule has 0 spiro atoms. The molecule has 0 aromatic carbocycles. The van der Waals surface area contributed by atoms with Gasteiger partial charge in [0.2, 0.25) is 5.91 Å². The van der Waals surface area contributed by atoms with Gasteiger partial charge in [-0.2, -0.15) is 11.8 Å². The van der Waals surface area contributed by atoms with E-state index in [1.165, 1.54) is 5.75 Å². The summed E-state index contributed by atoms with van der Waals surface area (Å²) in [7, 11) is 0. The van der Waals surface area contributed by atoms with Crippen LogP contribution in [0, 0.1) is 0 Å². The number of primary amides is 1. The van der Waals surface area contributed by atoms with Crippen molar-refractivity contribution in [2.75, 3.05) is 12.3 Å². The highest BCUT2D eigenvalue weighted by Gasteiger charge is 2.28. The molecule has 0 radical (unpaired) electrons. The Hall–Kier alpha value is -0.220. The van der Waals surface area contributed by atoms with Crippen molar-refractivity contribution in [3.63, 3.8) is 0 Å². The molecular weight excluding hydrogens is 220 g/mol. The minimum absolute atomic E-state index is 0.245. The number of nitrogens with one attached hydrogen (secondary N) is 1. The van der Waals surface area contributed by atoms with Gasteiger partial charge < -0.3 is 11.1 Å². The summed E-state index contributed by atoms with van der Waals surface area (Å²) in [6.07, 6.45) is 3.03. The van der Waals surface area contributed by atoms with Crippen LogP contribution in [0.2, 0.25) is 0 Å².